The topological polar surface area (TPSA) is 53.7 Å². The Hall–Kier alpha value is -1.26. The van der Waals surface area contributed by atoms with Crippen molar-refractivity contribution in [2.45, 2.75) is 37.8 Å². The fraction of sp³-hybridized carbons (Fsp3) is 0.600. The molecule has 2 rings (SSSR count). The first kappa shape index (κ1) is 14.2. The molecule has 1 aliphatic heterocycles. The van der Waals surface area contributed by atoms with Crippen LogP contribution < -0.4 is 15.2 Å². The maximum atomic E-state index is 6.34. The molecular weight excluding hydrogens is 242 g/mol. The second-order valence-electron chi connectivity index (χ2n) is 4.91. The van der Waals surface area contributed by atoms with Crippen LogP contribution in [0.2, 0.25) is 0 Å². The molecule has 4 heteroatoms. The molecule has 0 bridgehead atoms. The van der Waals surface area contributed by atoms with Gasteiger partial charge >= 0.3 is 0 Å². The molecule has 0 amide bonds. The van der Waals surface area contributed by atoms with E-state index < -0.39 is 0 Å². The van der Waals surface area contributed by atoms with E-state index in [1.807, 2.05) is 18.2 Å². The van der Waals surface area contributed by atoms with Crippen molar-refractivity contribution < 1.29 is 14.2 Å². The lowest BCUT2D eigenvalue weighted by Crippen LogP contribution is -2.25. The Kier molecular flexibility index (Phi) is 5.05. The van der Waals surface area contributed by atoms with Gasteiger partial charge in [0.1, 0.15) is 11.5 Å². The Morgan fingerprint density at radius 3 is 2.47 bits per heavy atom. The minimum atomic E-state index is -0.130. The number of ether oxygens (including phenoxy) is 3. The largest absolute Gasteiger partial charge is 0.496 e. The Labute approximate surface area is 114 Å². The van der Waals surface area contributed by atoms with Gasteiger partial charge in [-0.3, -0.25) is 0 Å². The molecule has 2 unspecified atom stereocenters. The molecule has 2 N–H and O–H groups in total. The van der Waals surface area contributed by atoms with Crippen LogP contribution in [-0.2, 0) is 4.74 Å². The number of benzene rings is 1. The molecule has 0 aliphatic carbocycles. The highest BCUT2D eigenvalue weighted by Gasteiger charge is 2.23. The summed E-state index contributed by atoms with van der Waals surface area (Å²) in [6.07, 6.45) is 4.52. The Balaban J connectivity index is 2.14. The van der Waals surface area contributed by atoms with Gasteiger partial charge in [0.25, 0.3) is 0 Å². The molecule has 2 atom stereocenters. The molecule has 19 heavy (non-hydrogen) atoms. The van der Waals surface area contributed by atoms with E-state index in [0.29, 0.717) is 0 Å². The molecule has 4 nitrogen and oxygen atoms in total. The number of hydrogen-bond donors (Lipinski definition) is 1. The molecule has 1 heterocycles. The number of methoxy groups -OCH3 is 2. The van der Waals surface area contributed by atoms with Crippen molar-refractivity contribution in [2.24, 2.45) is 5.73 Å². The summed E-state index contributed by atoms with van der Waals surface area (Å²) in [4.78, 5) is 0. The normalized spacial score (nSPS) is 20.9. The standard InChI is InChI=1S/C15H23NO3/c1-17-13-7-5-8-14(18-2)15(13)12(16)10-11-6-3-4-9-19-11/h5,7-8,11-12H,3-4,6,9-10,16H2,1-2H3. The van der Waals surface area contributed by atoms with E-state index in [0.717, 1.165) is 42.9 Å². The number of rotatable bonds is 5. The minimum absolute atomic E-state index is 0.130. The van der Waals surface area contributed by atoms with Gasteiger partial charge in [-0.2, -0.15) is 0 Å². The SMILES string of the molecule is COc1cccc(OC)c1C(N)CC1CCCCO1. The van der Waals surface area contributed by atoms with Crippen molar-refractivity contribution in [3.8, 4) is 11.5 Å². The third-order valence-corrected chi connectivity index (χ3v) is 3.63. The average Bonchev–Trinajstić information content (AvgIpc) is 2.47. The summed E-state index contributed by atoms with van der Waals surface area (Å²) >= 11 is 0. The average molecular weight is 265 g/mol. The summed E-state index contributed by atoms with van der Waals surface area (Å²) in [6, 6.07) is 5.61. The summed E-state index contributed by atoms with van der Waals surface area (Å²) in [6.45, 7) is 0.848. The molecule has 0 spiro atoms. The van der Waals surface area contributed by atoms with Gasteiger partial charge in [-0.15, -0.1) is 0 Å². The number of hydrogen-bond acceptors (Lipinski definition) is 4. The smallest absolute Gasteiger partial charge is 0.127 e. The highest BCUT2D eigenvalue weighted by molar-refractivity contribution is 5.46. The first-order chi connectivity index (χ1) is 9.26. The highest BCUT2D eigenvalue weighted by atomic mass is 16.5. The van der Waals surface area contributed by atoms with Crippen LogP contribution in [-0.4, -0.2) is 26.9 Å². The summed E-state index contributed by atoms with van der Waals surface area (Å²) < 4.78 is 16.6. The van der Waals surface area contributed by atoms with E-state index in [9.17, 15) is 0 Å². The van der Waals surface area contributed by atoms with Crippen LogP contribution in [0.3, 0.4) is 0 Å². The van der Waals surface area contributed by atoms with Gasteiger partial charge in [-0.25, -0.2) is 0 Å². The van der Waals surface area contributed by atoms with Gasteiger partial charge in [0, 0.05) is 12.6 Å². The first-order valence-electron chi connectivity index (χ1n) is 6.84. The quantitative estimate of drug-likeness (QED) is 0.889. The van der Waals surface area contributed by atoms with Gasteiger partial charge < -0.3 is 19.9 Å². The van der Waals surface area contributed by atoms with E-state index in [1.54, 1.807) is 14.2 Å². The lowest BCUT2D eigenvalue weighted by Gasteiger charge is -2.26. The van der Waals surface area contributed by atoms with Crippen LogP contribution in [0.4, 0.5) is 0 Å². The molecule has 106 valence electrons. The van der Waals surface area contributed by atoms with Crippen LogP contribution in [0.5, 0.6) is 11.5 Å². The van der Waals surface area contributed by atoms with Gasteiger partial charge in [0.2, 0.25) is 0 Å². The van der Waals surface area contributed by atoms with Crippen molar-refractivity contribution in [2.75, 3.05) is 20.8 Å². The van der Waals surface area contributed by atoms with Crippen LogP contribution in [0.15, 0.2) is 18.2 Å². The number of nitrogens with two attached hydrogens (primary N) is 1. The summed E-state index contributed by atoms with van der Waals surface area (Å²) in [5.74, 6) is 1.56. The maximum absolute atomic E-state index is 6.34. The molecule has 1 aliphatic rings. The molecule has 0 aromatic heterocycles. The van der Waals surface area contributed by atoms with E-state index in [-0.39, 0.29) is 12.1 Å². The third-order valence-electron chi connectivity index (χ3n) is 3.63. The zero-order chi connectivity index (χ0) is 13.7. The summed E-state index contributed by atoms with van der Waals surface area (Å²) in [5.41, 5.74) is 7.27. The Morgan fingerprint density at radius 1 is 1.26 bits per heavy atom. The Bertz CT molecular complexity index is 380. The molecule has 0 radical (unpaired) electrons. The van der Waals surface area contributed by atoms with Crippen LogP contribution in [0.1, 0.15) is 37.3 Å². The van der Waals surface area contributed by atoms with E-state index in [1.165, 1.54) is 6.42 Å². The van der Waals surface area contributed by atoms with E-state index >= 15 is 0 Å². The fourth-order valence-electron chi connectivity index (χ4n) is 2.64. The molecule has 1 fully saturated rings. The van der Waals surface area contributed by atoms with Crippen molar-refractivity contribution in [3.05, 3.63) is 23.8 Å². The zero-order valence-electron chi connectivity index (χ0n) is 11.7. The summed E-state index contributed by atoms with van der Waals surface area (Å²) in [5, 5.41) is 0. The fourth-order valence-corrected chi connectivity index (χ4v) is 2.64. The van der Waals surface area contributed by atoms with Crippen molar-refractivity contribution in [1.82, 2.24) is 0 Å². The van der Waals surface area contributed by atoms with Gasteiger partial charge in [-0.05, 0) is 37.8 Å². The zero-order valence-corrected chi connectivity index (χ0v) is 11.7. The maximum Gasteiger partial charge on any atom is 0.127 e. The van der Waals surface area contributed by atoms with Crippen LogP contribution in [0, 0.1) is 0 Å². The predicted octanol–water partition coefficient (Wildman–Crippen LogP) is 2.66. The predicted molar refractivity (Wildman–Crippen MR) is 74.7 cm³/mol. The highest BCUT2D eigenvalue weighted by Crippen LogP contribution is 2.35. The van der Waals surface area contributed by atoms with Crippen molar-refractivity contribution >= 4 is 0 Å². The lowest BCUT2D eigenvalue weighted by molar-refractivity contribution is 0.00709. The lowest BCUT2D eigenvalue weighted by atomic mass is 9.96. The van der Waals surface area contributed by atoms with E-state index in [4.69, 9.17) is 19.9 Å². The Morgan fingerprint density at radius 2 is 1.95 bits per heavy atom. The molecule has 1 aromatic carbocycles. The second kappa shape index (κ2) is 6.78. The molecular formula is C15H23NO3. The van der Waals surface area contributed by atoms with E-state index in [2.05, 4.69) is 0 Å². The van der Waals surface area contributed by atoms with Crippen molar-refractivity contribution in [3.63, 3.8) is 0 Å². The third kappa shape index (κ3) is 3.39. The van der Waals surface area contributed by atoms with Gasteiger partial charge in [-0.1, -0.05) is 6.07 Å². The second-order valence-corrected chi connectivity index (χ2v) is 4.91. The van der Waals surface area contributed by atoms with Crippen molar-refractivity contribution in [1.29, 1.82) is 0 Å². The van der Waals surface area contributed by atoms with Crippen LogP contribution >= 0.6 is 0 Å². The van der Waals surface area contributed by atoms with Gasteiger partial charge in [0.05, 0.1) is 25.9 Å². The monoisotopic (exact) mass is 265 g/mol. The molecule has 1 aromatic rings. The first-order valence-corrected chi connectivity index (χ1v) is 6.84. The molecule has 0 saturated carbocycles. The van der Waals surface area contributed by atoms with Gasteiger partial charge in [0.15, 0.2) is 0 Å². The minimum Gasteiger partial charge on any atom is -0.496 e. The van der Waals surface area contributed by atoms with Crippen LogP contribution in [0.25, 0.3) is 0 Å². The summed E-state index contributed by atoms with van der Waals surface area (Å²) in [7, 11) is 3.31. The molecule has 1 saturated heterocycles.